The quantitative estimate of drug-likeness (QED) is 0.176. The maximum Gasteiger partial charge on any atom is 0.230 e. The molecule has 1 spiro atoms. The molecule has 5 nitrogen and oxygen atoms in total. The van der Waals surface area contributed by atoms with Gasteiger partial charge in [0.25, 0.3) is 0 Å². The molecule has 6 heteroatoms. The van der Waals surface area contributed by atoms with Crippen LogP contribution in [0.3, 0.4) is 0 Å². The smallest absolute Gasteiger partial charge is 0.230 e. The molecule has 4 aromatic carbocycles. The number of ether oxygens (including phenoxy) is 2. The van der Waals surface area contributed by atoms with Gasteiger partial charge in [0, 0.05) is 30.0 Å². The average molecular weight is 648 g/mol. The maximum atomic E-state index is 14.4. The van der Waals surface area contributed by atoms with E-state index in [-0.39, 0.29) is 36.0 Å². The van der Waals surface area contributed by atoms with Gasteiger partial charge in [0.2, 0.25) is 5.91 Å². The summed E-state index contributed by atoms with van der Waals surface area (Å²) in [6.45, 7) is 1.93. The highest BCUT2D eigenvalue weighted by atomic mass is 32.2. The van der Waals surface area contributed by atoms with Crippen LogP contribution in [-0.2, 0) is 14.3 Å². The minimum atomic E-state index is -0.775. The normalized spacial score (nSPS) is 23.8. The van der Waals surface area contributed by atoms with Gasteiger partial charge in [-0.15, -0.1) is 11.8 Å². The average Bonchev–Trinajstić information content (AvgIpc) is 3.74. The molecule has 0 unspecified atom stereocenters. The van der Waals surface area contributed by atoms with Crippen molar-refractivity contribution in [3.63, 3.8) is 0 Å². The van der Waals surface area contributed by atoms with Crippen LogP contribution >= 0.6 is 11.8 Å². The summed E-state index contributed by atoms with van der Waals surface area (Å²) in [5.74, 6) is -0.735. The lowest BCUT2D eigenvalue weighted by atomic mass is 9.86. The summed E-state index contributed by atoms with van der Waals surface area (Å²) in [5.41, 5.74) is 4.08. The van der Waals surface area contributed by atoms with Gasteiger partial charge in [0.05, 0.1) is 18.1 Å². The lowest BCUT2D eigenvalue weighted by Gasteiger charge is -2.33. The summed E-state index contributed by atoms with van der Waals surface area (Å²) < 4.78 is 13.8. The van der Waals surface area contributed by atoms with Crippen LogP contribution in [0.5, 0.6) is 0 Å². The first-order valence-electron chi connectivity index (χ1n) is 17.1. The highest BCUT2D eigenvalue weighted by Crippen LogP contribution is 2.55. The van der Waals surface area contributed by atoms with Crippen LogP contribution in [0.1, 0.15) is 91.9 Å². The predicted molar refractivity (Wildman–Crippen MR) is 187 cm³/mol. The highest BCUT2D eigenvalue weighted by Gasteiger charge is 2.53. The van der Waals surface area contributed by atoms with Crippen molar-refractivity contribution < 1.29 is 19.4 Å². The number of nitrogens with zero attached hydrogens (tertiary/aromatic N) is 1. The van der Waals surface area contributed by atoms with E-state index in [1.54, 1.807) is 4.90 Å². The van der Waals surface area contributed by atoms with Crippen LogP contribution in [0, 0.1) is 5.92 Å². The van der Waals surface area contributed by atoms with Crippen molar-refractivity contribution in [2.24, 2.45) is 5.92 Å². The first-order chi connectivity index (χ1) is 22.9. The Morgan fingerprint density at radius 2 is 1.36 bits per heavy atom. The molecule has 1 saturated heterocycles. The molecule has 0 radical (unpaired) electrons. The highest BCUT2D eigenvalue weighted by molar-refractivity contribution is 8.00. The van der Waals surface area contributed by atoms with Crippen LogP contribution in [-0.4, -0.2) is 40.0 Å². The third-order valence-electron chi connectivity index (χ3n) is 10.3. The maximum absolute atomic E-state index is 14.4. The molecule has 0 aromatic heterocycles. The van der Waals surface area contributed by atoms with Crippen LogP contribution in [0.2, 0.25) is 0 Å². The van der Waals surface area contributed by atoms with E-state index >= 15 is 0 Å². The molecule has 1 heterocycles. The van der Waals surface area contributed by atoms with E-state index in [9.17, 15) is 9.90 Å². The lowest BCUT2D eigenvalue weighted by Crippen LogP contribution is -2.42. The zero-order chi connectivity index (χ0) is 32.4. The summed E-state index contributed by atoms with van der Waals surface area (Å²) >= 11 is 1.93. The number of aliphatic hydroxyl groups is 1. The second-order valence-corrected chi connectivity index (χ2v) is 15.0. The number of benzene rings is 4. The van der Waals surface area contributed by atoms with Crippen molar-refractivity contribution in [2.75, 3.05) is 7.05 Å². The summed E-state index contributed by atoms with van der Waals surface area (Å²) in [5, 5.41) is 11.9. The Kier molecular flexibility index (Phi) is 9.56. The summed E-state index contributed by atoms with van der Waals surface area (Å²) in [7, 11) is 1.83. The van der Waals surface area contributed by atoms with E-state index in [1.165, 1.54) is 17.7 Å². The van der Waals surface area contributed by atoms with Crippen molar-refractivity contribution in [1.82, 2.24) is 4.90 Å². The predicted octanol–water partition coefficient (Wildman–Crippen LogP) is 9.02. The molecule has 4 aromatic rings. The molecule has 3 aliphatic rings. The molecule has 1 aliphatic heterocycles. The molecular formula is C41H45NO4S. The fourth-order valence-corrected chi connectivity index (χ4v) is 8.38. The standard InChI is InChI=1S/C41H45NO4S/c1-28(37(43)31-12-6-3-7-13-31)42(2)40(44)36(30-18-20-34(21-19-30)47-35-22-23-35)26-29-24-25-41(27-29)45-38(32-14-8-4-9-15-32)39(46-41)33-16-10-5-11-17-33/h3-21,28-29,35-39,43H,22-27H2,1-2H3/t28-,29-,36-,37+,38+,39+/m1/s1. The summed E-state index contributed by atoms with van der Waals surface area (Å²) in [6.07, 6.45) is 4.56. The number of carbonyl (C=O) groups excluding carboxylic acids is 1. The molecule has 1 N–H and O–H groups in total. The van der Waals surface area contributed by atoms with Crippen LogP contribution in [0.4, 0.5) is 0 Å². The minimum Gasteiger partial charge on any atom is -0.386 e. The molecule has 2 saturated carbocycles. The molecule has 47 heavy (non-hydrogen) atoms. The second kappa shape index (κ2) is 14.0. The van der Waals surface area contributed by atoms with Gasteiger partial charge in [-0.3, -0.25) is 4.79 Å². The molecule has 6 atom stereocenters. The second-order valence-electron chi connectivity index (χ2n) is 13.6. The largest absolute Gasteiger partial charge is 0.386 e. The lowest BCUT2D eigenvalue weighted by molar-refractivity contribution is -0.173. The molecule has 1 amide bonds. The Hall–Kier alpha value is -3.42. The molecule has 7 rings (SSSR count). The molecule has 2 aliphatic carbocycles. The van der Waals surface area contributed by atoms with Gasteiger partial charge in [0.15, 0.2) is 5.79 Å². The van der Waals surface area contributed by atoms with Gasteiger partial charge in [0.1, 0.15) is 12.2 Å². The Bertz CT molecular complexity index is 1560. The van der Waals surface area contributed by atoms with Gasteiger partial charge in [-0.05, 0) is 72.9 Å². The van der Waals surface area contributed by atoms with E-state index in [4.69, 9.17) is 9.47 Å². The molecule has 0 bridgehead atoms. The van der Waals surface area contributed by atoms with Gasteiger partial charge in [-0.25, -0.2) is 0 Å². The molecular weight excluding hydrogens is 603 g/mol. The minimum absolute atomic E-state index is 0.0357. The number of rotatable bonds is 11. The Morgan fingerprint density at radius 1 is 0.809 bits per heavy atom. The first kappa shape index (κ1) is 32.1. The zero-order valence-corrected chi connectivity index (χ0v) is 28.1. The van der Waals surface area contributed by atoms with Crippen molar-refractivity contribution in [1.29, 1.82) is 0 Å². The van der Waals surface area contributed by atoms with Gasteiger partial charge >= 0.3 is 0 Å². The van der Waals surface area contributed by atoms with Crippen LogP contribution in [0.15, 0.2) is 120 Å². The van der Waals surface area contributed by atoms with Crippen molar-refractivity contribution in [3.05, 3.63) is 138 Å². The monoisotopic (exact) mass is 647 g/mol. The number of thioether (sulfide) groups is 1. The number of aliphatic hydroxyl groups excluding tert-OH is 1. The van der Waals surface area contributed by atoms with E-state index in [0.29, 0.717) is 6.42 Å². The van der Waals surface area contributed by atoms with Crippen molar-refractivity contribution in [3.8, 4) is 0 Å². The van der Waals surface area contributed by atoms with Crippen molar-refractivity contribution >= 4 is 17.7 Å². The summed E-state index contributed by atoms with van der Waals surface area (Å²) in [4.78, 5) is 17.4. The van der Waals surface area contributed by atoms with Gasteiger partial charge in [-0.1, -0.05) is 103 Å². The Balaban J connectivity index is 1.12. The number of carbonyl (C=O) groups is 1. The number of hydrogen-bond acceptors (Lipinski definition) is 5. The number of likely N-dealkylation sites (N-methyl/N-ethyl adjacent to an activating group) is 1. The fraction of sp³-hybridized carbons (Fsp3) is 0.390. The van der Waals surface area contributed by atoms with E-state index in [0.717, 1.165) is 46.8 Å². The summed E-state index contributed by atoms with van der Waals surface area (Å²) in [6, 6.07) is 38.6. The fourth-order valence-electron chi connectivity index (χ4n) is 7.33. The van der Waals surface area contributed by atoms with Crippen molar-refractivity contribution in [2.45, 2.75) is 91.7 Å². The topological polar surface area (TPSA) is 59.0 Å². The van der Waals surface area contributed by atoms with Gasteiger partial charge in [-0.2, -0.15) is 0 Å². The zero-order valence-electron chi connectivity index (χ0n) is 27.3. The van der Waals surface area contributed by atoms with E-state index < -0.39 is 11.9 Å². The SMILES string of the molecule is C[C@H]([C@H](O)c1ccccc1)N(C)C(=O)[C@H](C[C@H]1CCC2(C1)O[C@@H](c1ccccc1)[C@H](c1ccccc1)O2)c1ccc(SC2CC2)cc1. The van der Waals surface area contributed by atoms with E-state index in [2.05, 4.69) is 72.8 Å². The van der Waals surface area contributed by atoms with Gasteiger partial charge < -0.3 is 19.5 Å². The number of amides is 1. The van der Waals surface area contributed by atoms with Crippen LogP contribution in [0.25, 0.3) is 0 Å². The third-order valence-corrected chi connectivity index (χ3v) is 11.6. The Morgan fingerprint density at radius 3 is 1.91 bits per heavy atom. The first-order valence-corrected chi connectivity index (χ1v) is 18.0. The third kappa shape index (κ3) is 7.22. The molecule has 244 valence electrons. The Labute approximate surface area is 283 Å². The van der Waals surface area contributed by atoms with E-state index in [1.807, 2.05) is 68.2 Å². The molecule has 3 fully saturated rings. The number of hydrogen-bond donors (Lipinski definition) is 1. The van der Waals surface area contributed by atoms with Crippen LogP contribution < -0.4 is 0 Å².